The van der Waals surface area contributed by atoms with Crippen LogP contribution >= 0.6 is 15.9 Å². The molecule has 0 heterocycles. The van der Waals surface area contributed by atoms with Crippen LogP contribution in [-0.2, 0) is 6.54 Å². The van der Waals surface area contributed by atoms with Gasteiger partial charge in [-0.2, -0.15) is 5.26 Å². The fraction of sp³-hybridized carbons (Fsp3) is 0.533. The van der Waals surface area contributed by atoms with Crippen LogP contribution in [0.3, 0.4) is 0 Å². The van der Waals surface area contributed by atoms with Crippen molar-refractivity contribution < 1.29 is 4.39 Å². The molecule has 1 saturated carbocycles. The molecule has 2 unspecified atom stereocenters. The lowest BCUT2D eigenvalue weighted by atomic mass is 9.96. The van der Waals surface area contributed by atoms with Crippen molar-refractivity contribution in [2.24, 2.45) is 5.92 Å². The summed E-state index contributed by atoms with van der Waals surface area (Å²) in [5, 5.41) is 12.6. The van der Waals surface area contributed by atoms with E-state index in [1.54, 1.807) is 12.1 Å². The molecule has 1 aromatic rings. The van der Waals surface area contributed by atoms with Crippen LogP contribution in [-0.4, -0.2) is 6.04 Å². The van der Waals surface area contributed by atoms with Crippen molar-refractivity contribution in [3.8, 4) is 6.07 Å². The molecule has 0 aliphatic heterocycles. The molecule has 19 heavy (non-hydrogen) atoms. The summed E-state index contributed by atoms with van der Waals surface area (Å²) in [5.41, 5.74) is 0.648. The van der Waals surface area contributed by atoms with Crippen LogP contribution in [0, 0.1) is 23.1 Å². The van der Waals surface area contributed by atoms with E-state index in [0.29, 0.717) is 12.1 Å². The Bertz CT molecular complexity index is 470. The third-order valence-corrected chi connectivity index (χ3v) is 4.24. The molecule has 4 heteroatoms. The van der Waals surface area contributed by atoms with E-state index in [1.807, 2.05) is 0 Å². The standard InChI is InChI=1S/C15H18BrFN2/c16-13-6-7-14(17)12(8-13)10-19-15-5-3-1-2-4-11(15)9-18/h6-8,11,15,19H,1-5,10H2. The van der Waals surface area contributed by atoms with E-state index in [4.69, 9.17) is 0 Å². The van der Waals surface area contributed by atoms with Gasteiger partial charge in [-0.05, 0) is 31.0 Å². The third kappa shape index (κ3) is 4.02. The Morgan fingerprint density at radius 2 is 2.11 bits per heavy atom. The number of nitrogens with one attached hydrogen (secondary N) is 1. The molecule has 2 nitrogen and oxygen atoms in total. The molecular weight excluding hydrogens is 307 g/mol. The van der Waals surface area contributed by atoms with Gasteiger partial charge in [0, 0.05) is 22.6 Å². The topological polar surface area (TPSA) is 35.8 Å². The van der Waals surface area contributed by atoms with Crippen molar-refractivity contribution >= 4 is 15.9 Å². The average molecular weight is 325 g/mol. The predicted octanol–water partition coefficient (Wildman–Crippen LogP) is 4.15. The van der Waals surface area contributed by atoms with Crippen molar-refractivity contribution in [2.75, 3.05) is 0 Å². The van der Waals surface area contributed by atoms with Crippen LogP contribution in [0.15, 0.2) is 22.7 Å². The first kappa shape index (κ1) is 14.5. The third-order valence-electron chi connectivity index (χ3n) is 3.74. The summed E-state index contributed by atoms with van der Waals surface area (Å²) < 4.78 is 14.5. The summed E-state index contributed by atoms with van der Waals surface area (Å²) in [6.07, 6.45) is 5.43. The monoisotopic (exact) mass is 324 g/mol. The second kappa shape index (κ2) is 7.02. The minimum Gasteiger partial charge on any atom is -0.309 e. The zero-order valence-corrected chi connectivity index (χ0v) is 12.4. The first-order chi connectivity index (χ1) is 9.20. The zero-order chi connectivity index (χ0) is 13.7. The van der Waals surface area contributed by atoms with Crippen molar-refractivity contribution in [3.05, 3.63) is 34.1 Å². The van der Waals surface area contributed by atoms with Crippen LogP contribution in [0.25, 0.3) is 0 Å². The molecule has 1 aliphatic rings. The first-order valence-corrected chi connectivity index (χ1v) is 7.57. The summed E-state index contributed by atoms with van der Waals surface area (Å²) in [5.74, 6) is -0.143. The molecule has 0 aromatic heterocycles. The molecule has 102 valence electrons. The first-order valence-electron chi connectivity index (χ1n) is 6.77. The Hall–Kier alpha value is -0.920. The van der Waals surface area contributed by atoms with E-state index in [2.05, 4.69) is 27.3 Å². The molecule has 0 spiro atoms. The number of hydrogen-bond acceptors (Lipinski definition) is 2. The van der Waals surface area contributed by atoms with Crippen LogP contribution in [0.1, 0.15) is 37.7 Å². The lowest BCUT2D eigenvalue weighted by Crippen LogP contribution is -2.34. The molecule has 1 aliphatic carbocycles. The molecule has 1 aromatic carbocycles. The van der Waals surface area contributed by atoms with Gasteiger partial charge in [0.15, 0.2) is 0 Å². The molecule has 0 bridgehead atoms. The number of nitrogens with zero attached hydrogens (tertiary/aromatic N) is 1. The van der Waals surface area contributed by atoms with Gasteiger partial charge in [0.25, 0.3) is 0 Å². The van der Waals surface area contributed by atoms with Gasteiger partial charge in [0.05, 0.1) is 12.0 Å². The highest BCUT2D eigenvalue weighted by Gasteiger charge is 2.23. The van der Waals surface area contributed by atoms with Gasteiger partial charge in [-0.1, -0.05) is 35.2 Å². The quantitative estimate of drug-likeness (QED) is 0.848. The summed E-state index contributed by atoms with van der Waals surface area (Å²) in [7, 11) is 0. The summed E-state index contributed by atoms with van der Waals surface area (Å²) in [6, 6.07) is 7.53. The normalized spacial score (nSPS) is 23.6. The number of rotatable bonds is 3. The van der Waals surface area contributed by atoms with E-state index < -0.39 is 0 Å². The van der Waals surface area contributed by atoms with Gasteiger partial charge in [-0.3, -0.25) is 0 Å². The summed E-state index contributed by atoms with van der Waals surface area (Å²) in [6.45, 7) is 0.480. The van der Waals surface area contributed by atoms with Gasteiger partial charge in [0.2, 0.25) is 0 Å². The molecule has 0 saturated heterocycles. The zero-order valence-electron chi connectivity index (χ0n) is 10.8. The second-order valence-corrected chi connectivity index (χ2v) is 6.01. The maximum absolute atomic E-state index is 13.7. The van der Waals surface area contributed by atoms with E-state index in [9.17, 15) is 9.65 Å². The number of halogens is 2. The molecule has 0 radical (unpaired) electrons. The van der Waals surface area contributed by atoms with Gasteiger partial charge >= 0.3 is 0 Å². The van der Waals surface area contributed by atoms with Gasteiger partial charge < -0.3 is 5.32 Å². The maximum Gasteiger partial charge on any atom is 0.127 e. The van der Waals surface area contributed by atoms with Gasteiger partial charge in [0.1, 0.15) is 5.82 Å². The number of nitriles is 1. The highest BCUT2D eigenvalue weighted by atomic mass is 79.9. The molecule has 1 N–H and O–H groups in total. The Morgan fingerprint density at radius 3 is 2.89 bits per heavy atom. The van der Waals surface area contributed by atoms with Crippen molar-refractivity contribution in [1.82, 2.24) is 5.32 Å². The molecule has 0 amide bonds. The van der Waals surface area contributed by atoms with Crippen molar-refractivity contribution in [3.63, 3.8) is 0 Å². The smallest absolute Gasteiger partial charge is 0.127 e. The Kier molecular flexibility index (Phi) is 5.35. The van der Waals surface area contributed by atoms with Crippen molar-refractivity contribution in [2.45, 2.75) is 44.7 Å². The fourth-order valence-corrected chi connectivity index (χ4v) is 3.03. The van der Waals surface area contributed by atoms with E-state index in [-0.39, 0.29) is 17.8 Å². The Labute approximate surface area is 122 Å². The van der Waals surface area contributed by atoms with Crippen LogP contribution in [0.4, 0.5) is 4.39 Å². The van der Waals surface area contributed by atoms with Gasteiger partial charge in [-0.25, -0.2) is 4.39 Å². The number of hydrogen-bond donors (Lipinski definition) is 1. The highest BCUT2D eigenvalue weighted by Crippen LogP contribution is 2.24. The van der Waals surface area contributed by atoms with Crippen LogP contribution in [0.5, 0.6) is 0 Å². The van der Waals surface area contributed by atoms with Crippen molar-refractivity contribution in [1.29, 1.82) is 5.26 Å². The van der Waals surface area contributed by atoms with E-state index in [0.717, 1.165) is 30.2 Å². The lowest BCUT2D eigenvalue weighted by molar-refractivity contribution is 0.390. The maximum atomic E-state index is 13.7. The summed E-state index contributed by atoms with van der Waals surface area (Å²) in [4.78, 5) is 0. The molecular formula is C15H18BrFN2. The second-order valence-electron chi connectivity index (χ2n) is 5.10. The SMILES string of the molecule is N#CC1CCCCCC1NCc1cc(Br)ccc1F. The Morgan fingerprint density at radius 1 is 1.32 bits per heavy atom. The lowest BCUT2D eigenvalue weighted by Gasteiger charge is -2.21. The minimum absolute atomic E-state index is 0.0534. The molecule has 2 atom stereocenters. The fourth-order valence-electron chi connectivity index (χ4n) is 2.63. The largest absolute Gasteiger partial charge is 0.309 e. The predicted molar refractivity (Wildman–Crippen MR) is 76.9 cm³/mol. The van der Waals surface area contributed by atoms with E-state index >= 15 is 0 Å². The number of benzene rings is 1. The van der Waals surface area contributed by atoms with Crippen LogP contribution < -0.4 is 5.32 Å². The molecule has 1 fully saturated rings. The Balaban J connectivity index is 2.00. The van der Waals surface area contributed by atoms with Crippen LogP contribution in [0.2, 0.25) is 0 Å². The highest BCUT2D eigenvalue weighted by molar-refractivity contribution is 9.10. The minimum atomic E-state index is -0.196. The van der Waals surface area contributed by atoms with Gasteiger partial charge in [-0.15, -0.1) is 0 Å². The van der Waals surface area contributed by atoms with E-state index in [1.165, 1.54) is 12.5 Å². The summed E-state index contributed by atoms with van der Waals surface area (Å²) >= 11 is 3.35. The molecule has 2 rings (SSSR count). The average Bonchev–Trinajstić information content (AvgIpc) is 2.64.